The first-order valence-electron chi connectivity index (χ1n) is 4.01. The Kier molecular flexibility index (Phi) is 1.64. The number of esters is 1. The largest absolute Gasteiger partial charge is 0.463 e. The molecule has 12 heavy (non-hydrogen) atoms. The van der Waals surface area contributed by atoms with Gasteiger partial charge in [-0.05, 0) is 24.5 Å². The number of ether oxygens (including phenoxy) is 1. The van der Waals surface area contributed by atoms with E-state index < -0.39 is 0 Å². The van der Waals surface area contributed by atoms with Crippen LogP contribution in [0.5, 0.6) is 0 Å². The Morgan fingerprint density at radius 1 is 1.58 bits per heavy atom. The van der Waals surface area contributed by atoms with Crippen molar-refractivity contribution in [1.29, 1.82) is 0 Å². The number of carbonyl (C=O) groups is 1. The Morgan fingerprint density at radius 3 is 3.08 bits per heavy atom. The van der Waals surface area contributed by atoms with Gasteiger partial charge in [0.1, 0.15) is 5.76 Å². The highest BCUT2D eigenvalue weighted by Gasteiger charge is 2.20. The molecule has 0 saturated carbocycles. The van der Waals surface area contributed by atoms with Crippen LogP contribution in [0.3, 0.4) is 0 Å². The summed E-state index contributed by atoms with van der Waals surface area (Å²) in [6.07, 6.45) is 3.11. The fraction of sp³-hybridized carbons (Fsp3) is 0.444. The number of furan rings is 1. The van der Waals surface area contributed by atoms with E-state index in [9.17, 15) is 4.79 Å². The Hall–Kier alpha value is -1.25. The number of rotatable bonds is 1. The molecule has 0 bridgehead atoms. The molecule has 0 unspecified atom stereocenters. The molecular formula is C9H10O3. The molecule has 64 valence electrons. The Morgan fingerprint density at radius 2 is 2.42 bits per heavy atom. The molecule has 0 aromatic carbocycles. The summed E-state index contributed by atoms with van der Waals surface area (Å²) in [7, 11) is 1.36. The van der Waals surface area contributed by atoms with Crippen LogP contribution >= 0.6 is 0 Å². The molecule has 0 amide bonds. The second kappa shape index (κ2) is 2.66. The molecule has 0 aliphatic heterocycles. The lowest BCUT2D eigenvalue weighted by Crippen LogP contribution is -1.98. The van der Waals surface area contributed by atoms with Crippen molar-refractivity contribution in [3.05, 3.63) is 23.2 Å². The molecule has 1 heterocycles. The lowest BCUT2D eigenvalue weighted by Gasteiger charge is -1.92. The van der Waals surface area contributed by atoms with Crippen LogP contribution in [0.15, 0.2) is 10.5 Å². The predicted molar refractivity (Wildman–Crippen MR) is 42.1 cm³/mol. The monoisotopic (exact) mass is 166 g/mol. The van der Waals surface area contributed by atoms with Crippen molar-refractivity contribution < 1.29 is 13.9 Å². The molecule has 1 aliphatic carbocycles. The minimum Gasteiger partial charge on any atom is -0.463 e. The second-order valence-corrected chi connectivity index (χ2v) is 2.90. The van der Waals surface area contributed by atoms with Crippen LogP contribution in [0.2, 0.25) is 0 Å². The van der Waals surface area contributed by atoms with E-state index in [0.717, 1.165) is 30.6 Å². The molecule has 0 saturated heterocycles. The van der Waals surface area contributed by atoms with Gasteiger partial charge in [-0.3, -0.25) is 0 Å². The standard InChI is InChI=1S/C9H10O3/c1-11-9(10)8-5-6-3-2-4-7(6)12-8/h5H,2-4H2,1H3. The molecule has 0 fully saturated rings. The summed E-state index contributed by atoms with van der Waals surface area (Å²) >= 11 is 0. The molecule has 0 atom stereocenters. The smallest absolute Gasteiger partial charge is 0.373 e. The van der Waals surface area contributed by atoms with Crippen LogP contribution in [0.4, 0.5) is 0 Å². The number of hydrogen-bond donors (Lipinski definition) is 0. The minimum atomic E-state index is -0.385. The Bertz CT molecular complexity index is 290. The lowest BCUT2D eigenvalue weighted by molar-refractivity contribution is 0.0563. The molecule has 0 radical (unpaired) electrons. The highest BCUT2D eigenvalue weighted by atomic mass is 16.5. The zero-order valence-corrected chi connectivity index (χ0v) is 6.92. The maximum absolute atomic E-state index is 11.0. The summed E-state index contributed by atoms with van der Waals surface area (Å²) in [6, 6.07) is 1.79. The highest BCUT2D eigenvalue weighted by molar-refractivity contribution is 5.86. The van der Waals surface area contributed by atoms with Crippen molar-refractivity contribution >= 4 is 5.97 Å². The van der Waals surface area contributed by atoms with E-state index in [0.29, 0.717) is 5.76 Å². The topological polar surface area (TPSA) is 39.4 Å². The Balaban J connectivity index is 2.31. The molecule has 3 heteroatoms. The molecule has 0 spiro atoms. The summed E-state index contributed by atoms with van der Waals surface area (Å²) in [5.74, 6) is 0.905. The quantitative estimate of drug-likeness (QED) is 0.594. The van der Waals surface area contributed by atoms with Gasteiger partial charge in [0, 0.05) is 6.42 Å². The average molecular weight is 166 g/mol. The Labute approximate surface area is 70.3 Å². The van der Waals surface area contributed by atoms with Gasteiger partial charge in [-0.25, -0.2) is 4.79 Å². The number of aryl methyl sites for hydroxylation is 2. The number of fused-ring (bicyclic) bond motifs is 1. The third kappa shape index (κ3) is 1.02. The predicted octanol–water partition coefficient (Wildman–Crippen LogP) is 1.55. The van der Waals surface area contributed by atoms with E-state index in [1.54, 1.807) is 6.07 Å². The van der Waals surface area contributed by atoms with E-state index in [1.807, 2.05) is 0 Å². The van der Waals surface area contributed by atoms with E-state index in [1.165, 1.54) is 7.11 Å². The average Bonchev–Trinajstić information content (AvgIpc) is 2.60. The second-order valence-electron chi connectivity index (χ2n) is 2.90. The molecular weight excluding hydrogens is 156 g/mol. The zero-order valence-electron chi connectivity index (χ0n) is 6.92. The molecule has 0 N–H and O–H groups in total. The van der Waals surface area contributed by atoms with Crippen LogP contribution in [-0.2, 0) is 17.6 Å². The fourth-order valence-electron chi connectivity index (χ4n) is 1.53. The highest BCUT2D eigenvalue weighted by Crippen LogP contribution is 2.25. The van der Waals surface area contributed by atoms with Crippen LogP contribution < -0.4 is 0 Å². The molecule has 1 aliphatic rings. The maximum atomic E-state index is 11.0. The van der Waals surface area contributed by atoms with Gasteiger partial charge in [-0.2, -0.15) is 0 Å². The summed E-state index contributed by atoms with van der Waals surface area (Å²) in [4.78, 5) is 11.0. The van der Waals surface area contributed by atoms with Gasteiger partial charge >= 0.3 is 5.97 Å². The summed E-state index contributed by atoms with van der Waals surface area (Å²) in [5.41, 5.74) is 1.16. The third-order valence-electron chi connectivity index (χ3n) is 2.13. The normalized spacial score (nSPS) is 14.4. The lowest BCUT2D eigenvalue weighted by atomic mass is 10.2. The van der Waals surface area contributed by atoms with Gasteiger partial charge < -0.3 is 9.15 Å². The molecule has 3 nitrogen and oxygen atoms in total. The van der Waals surface area contributed by atoms with Crippen molar-refractivity contribution in [1.82, 2.24) is 0 Å². The van der Waals surface area contributed by atoms with E-state index in [2.05, 4.69) is 4.74 Å². The minimum absolute atomic E-state index is 0.335. The van der Waals surface area contributed by atoms with Crippen molar-refractivity contribution in [3.63, 3.8) is 0 Å². The first-order chi connectivity index (χ1) is 5.81. The van der Waals surface area contributed by atoms with Gasteiger partial charge in [-0.1, -0.05) is 0 Å². The van der Waals surface area contributed by atoms with Crippen molar-refractivity contribution in [2.45, 2.75) is 19.3 Å². The van der Waals surface area contributed by atoms with Crippen LogP contribution in [0.1, 0.15) is 28.3 Å². The first-order valence-corrected chi connectivity index (χ1v) is 4.01. The molecule has 1 aromatic heterocycles. The van der Waals surface area contributed by atoms with E-state index in [4.69, 9.17) is 4.42 Å². The van der Waals surface area contributed by atoms with Gasteiger partial charge in [0.15, 0.2) is 0 Å². The van der Waals surface area contributed by atoms with Gasteiger partial charge in [0.25, 0.3) is 0 Å². The summed E-state index contributed by atoms with van der Waals surface area (Å²) < 4.78 is 9.84. The number of hydrogen-bond acceptors (Lipinski definition) is 3. The maximum Gasteiger partial charge on any atom is 0.373 e. The summed E-state index contributed by atoms with van der Waals surface area (Å²) in [6.45, 7) is 0. The fourth-order valence-corrected chi connectivity index (χ4v) is 1.53. The third-order valence-corrected chi connectivity index (χ3v) is 2.13. The van der Waals surface area contributed by atoms with E-state index in [-0.39, 0.29) is 5.97 Å². The number of methoxy groups -OCH3 is 1. The van der Waals surface area contributed by atoms with Crippen molar-refractivity contribution in [2.24, 2.45) is 0 Å². The van der Waals surface area contributed by atoms with Crippen molar-refractivity contribution in [3.8, 4) is 0 Å². The van der Waals surface area contributed by atoms with Crippen LogP contribution in [0.25, 0.3) is 0 Å². The van der Waals surface area contributed by atoms with Gasteiger partial charge in [-0.15, -0.1) is 0 Å². The first kappa shape index (κ1) is 7.40. The van der Waals surface area contributed by atoms with Crippen LogP contribution in [-0.4, -0.2) is 13.1 Å². The van der Waals surface area contributed by atoms with Crippen molar-refractivity contribution in [2.75, 3.05) is 7.11 Å². The summed E-state index contributed by atoms with van der Waals surface area (Å²) in [5, 5.41) is 0. The number of carbonyl (C=O) groups excluding carboxylic acids is 1. The molecule has 2 rings (SSSR count). The van der Waals surface area contributed by atoms with Crippen LogP contribution in [0, 0.1) is 0 Å². The van der Waals surface area contributed by atoms with E-state index >= 15 is 0 Å². The zero-order chi connectivity index (χ0) is 8.55. The molecule has 1 aromatic rings. The van der Waals surface area contributed by atoms with Gasteiger partial charge in [0.2, 0.25) is 5.76 Å². The van der Waals surface area contributed by atoms with Gasteiger partial charge in [0.05, 0.1) is 7.11 Å². The SMILES string of the molecule is COC(=O)c1cc2c(o1)CCC2.